The molecule has 0 fully saturated rings. The van der Waals surface area contributed by atoms with E-state index in [0.29, 0.717) is 19.5 Å². The third-order valence-corrected chi connectivity index (χ3v) is 4.66. The molecule has 2 N–H and O–H groups in total. The quantitative estimate of drug-likeness (QED) is 0.888. The van der Waals surface area contributed by atoms with E-state index in [-0.39, 0.29) is 10.5 Å². The Balaban J connectivity index is 1.93. The fourth-order valence-electron chi connectivity index (χ4n) is 2.55. The van der Waals surface area contributed by atoms with Crippen molar-refractivity contribution in [1.82, 2.24) is 9.88 Å². The maximum absolute atomic E-state index is 14.0. The van der Waals surface area contributed by atoms with Crippen molar-refractivity contribution in [2.45, 2.75) is 17.9 Å². The van der Waals surface area contributed by atoms with Gasteiger partial charge in [0.2, 0.25) is 10.0 Å². The number of aromatic nitrogens is 1. The first kappa shape index (κ1) is 15.6. The average Bonchev–Trinajstić information content (AvgIpc) is 2.53. The predicted molar refractivity (Wildman–Crippen MR) is 80.5 cm³/mol. The van der Waals surface area contributed by atoms with Gasteiger partial charge in [0, 0.05) is 31.4 Å². The average molecular weight is 335 g/mol. The summed E-state index contributed by atoms with van der Waals surface area (Å²) in [5, 5.41) is 5.03. The van der Waals surface area contributed by atoms with Gasteiger partial charge in [-0.3, -0.25) is 9.78 Å². The molecular weight excluding hydrogens is 321 g/mol. The highest BCUT2D eigenvalue weighted by Gasteiger charge is 2.25. The molecule has 8 heteroatoms. The van der Waals surface area contributed by atoms with Crippen LogP contribution in [0.3, 0.4) is 0 Å². The lowest BCUT2D eigenvalue weighted by atomic mass is 10.0. The lowest BCUT2D eigenvalue weighted by Gasteiger charge is -2.28. The fraction of sp³-hybridized carbons (Fsp3) is 0.200. The molecule has 0 atom stereocenters. The molecule has 3 rings (SSSR count). The summed E-state index contributed by atoms with van der Waals surface area (Å²) < 4.78 is 36.7. The molecular formula is C15H14FN3O3S. The number of benzene rings is 1. The number of carbonyl (C=O) groups excluding carboxylic acids is 1. The smallest absolute Gasteiger partial charge is 0.257 e. The zero-order valence-electron chi connectivity index (χ0n) is 12.1. The molecule has 1 aromatic heterocycles. The summed E-state index contributed by atoms with van der Waals surface area (Å²) in [5.74, 6) is -1.35. The Morgan fingerprint density at radius 3 is 2.83 bits per heavy atom. The molecule has 2 aromatic rings. The van der Waals surface area contributed by atoms with Crippen LogP contribution in [0.1, 0.15) is 21.6 Å². The van der Waals surface area contributed by atoms with E-state index in [1.807, 2.05) is 6.07 Å². The molecule has 0 radical (unpaired) electrons. The van der Waals surface area contributed by atoms with Crippen LogP contribution in [-0.4, -0.2) is 30.8 Å². The van der Waals surface area contributed by atoms with E-state index in [2.05, 4.69) is 4.98 Å². The van der Waals surface area contributed by atoms with E-state index in [1.165, 1.54) is 4.90 Å². The van der Waals surface area contributed by atoms with Crippen molar-refractivity contribution >= 4 is 15.9 Å². The first-order valence-corrected chi connectivity index (χ1v) is 8.45. The lowest BCUT2D eigenvalue weighted by molar-refractivity contribution is 0.0728. The normalized spacial score (nSPS) is 14.4. The van der Waals surface area contributed by atoms with Gasteiger partial charge in [0.1, 0.15) is 5.82 Å². The number of sulfonamides is 1. The SMILES string of the molecule is NS(=O)(=O)c1ccc(F)c(C(=O)N2CCc3ncccc3C2)c1. The third kappa shape index (κ3) is 3.08. The van der Waals surface area contributed by atoms with Crippen LogP contribution in [0.2, 0.25) is 0 Å². The van der Waals surface area contributed by atoms with Crippen molar-refractivity contribution in [3.8, 4) is 0 Å². The minimum atomic E-state index is -4.00. The van der Waals surface area contributed by atoms with Gasteiger partial charge < -0.3 is 4.90 Å². The zero-order chi connectivity index (χ0) is 16.6. The number of halogens is 1. The van der Waals surface area contributed by atoms with Gasteiger partial charge in [0.05, 0.1) is 10.5 Å². The highest BCUT2D eigenvalue weighted by atomic mass is 32.2. The Hall–Kier alpha value is -2.32. The van der Waals surface area contributed by atoms with Crippen molar-refractivity contribution in [3.05, 3.63) is 59.2 Å². The molecule has 1 aliphatic rings. The maximum atomic E-state index is 14.0. The van der Waals surface area contributed by atoms with Crippen LogP contribution >= 0.6 is 0 Å². The van der Waals surface area contributed by atoms with Crippen molar-refractivity contribution < 1.29 is 17.6 Å². The lowest BCUT2D eigenvalue weighted by Crippen LogP contribution is -2.36. The highest BCUT2D eigenvalue weighted by molar-refractivity contribution is 7.89. The summed E-state index contributed by atoms with van der Waals surface area (Å²) in [4.78, 5) is 18.0. The largest absolute Gasteiger partial charge is 0.334 e. The van der Waals surface area contributed by atoms with Gasteiger partial charge in [-0.2, -0.15) is 0 Å². The number of rotatable bonds is 2. The van der Waals surface area contributed by atoms with Gasteiger partial charge >= 0.3 is 0 Å². The van der Waals surface area contributed by atoms with E-state index < -0.39 is 21.7 Å². The van der Waals surface area contributed by atoms with Crippen LogP contribution in [0, 0.1) is 5.82 Å². The minimum Gasteiger partial charge on any atom is -0.334 e. The van der Waals surface area contributed by atoms with Gasteiger partial charge in [-0.15, -0.1) is 0 Å². The topological polar surface area (TPSA) is 93.4 Å². The van der Waals surface area contributed by atoms with Gasteiger partial charge in [-0.1, -0.05) is 6.07 Å². The number of carbonyl (C=O) groups is 1. The zero-order valence-corrected chi connectivity index (χ0v) is 12.9. The fourth-order valence-corrected chi connectivity index (χ4v) is 3.09. The van der Waals surface area contributed by atoms with Gasteiger partial charge in [0.15, 0.2) is 0 Å². The number of fused-ring (bicyclic) bond motifs is 1. The first-order chi connectivity index (χ1) is 10.9. The summed E-state index contributed by atoms with van der Waals surface area (Å²) in [7, 11) is -4.00. The van der Waals surface area contributed by atoms with Crippen molar-refractivity contribution in [2.24, 2.45) is 5.14 Å². The number of primary sulfonamides is 1. The molecule has 1 amide bonds. The van der Waals surface area contributed by atoms with E-state index in [9.17, 15) is 17.6 Å². The summed E-state index contributed by atoms with van der Waals surface area (Å²) in [5.41, 5.74) is 1.51. The Kier molecular flexibility index (Phi) is 3.87. The second kappa shape index (κ2) is 5.71. The van der Waals surface area contributed by atoms with Crippen LogP contribution in [-0.2, 0) is 23.0 Å². The van der Waals surface area contributed by atoms with Crippen molar-refractivity contribution in [1.29, 1.82) is 0 Å². The van der Waals surface area contributed by atoms with Crippen LogP contribution in [0.15, 0.2) is 41.4 Å². The summed E-state index contributed by atoms with van der Waals surface area (Å²) in [6.45, 7) is 0.697. The number of nitrogens with zero attached hydrogens (tertiary/aromatic N) is 2. The second-order valence-corrected chi connectivity index (χ2v) is 6.83. The van der Waals surface area contributed by atoms with Crippen molar-refractivity contribution in [2.75, 3.05) is 6.54 Å². The van der Waals surface area contributed by atoms with Gasteiger partial charge in [-0.05, 0) is 29.8 Å². The second-order valence-electron chi connectivity index (χ2n) is 5.27. The minimum absolute atomic E-state index is 0.290. The van der Waals surface area contributed by atoms with Crippen LogP contribution < -0.4 is 5.14 Å². The molecule has 0 aliphatic carbocycles. The molecule has 23 heavy (non-hydrogen) atoms. The number of hydrogen-bond acceptors (Lipinski definition) is 4. The monoisotopic (exact) mass is 335 g/mol. The van der Waals surface area contributed by atoms with E-state index in [0.717, 1.165) is 29.5 Å². The molecule has 0 spiro atoms. The summed E-state index contributed by atoms with van der Waals surface area (Å²) in [6, 6.07) is 6.59. The molecule has 0 bridgehead atoms. The van der Waals surface area contributed by atoms with Crippen molar-refractivity contribution in [3.63, 3.8) is 0 Å². The molecule has 120 valence electrons. The molecule has 0 saturated heterocycles. The predicted octanol–water partition coefficient (Wildman–Crippen LogP) is 1.07. The van der Waals surface area contributed by atoms with Gasteiger partial charge in [0.25, 0.3) is 5.91 Å². The van der Waals surface area contributed by atoms with E-state index in [4.69, 9.17) is 5.14 Å². The molecule has 0 saturated carbocycles. The molecule has 1 aromatic carbocycles. The standard InChI is InChI=1S/C15H14FN3O3S/c16-13-4-3-11(23(17,21)22)8-12(13)15(20)19-7-5-14-10(9-19)2-1-6-18-14/h1-4,6,8H,5,7,9H2,(H2,17,21,22). The Bertz CT molecular complexity index is 883. The first-order valence-electron chi connectivity index (χ1n) is 6.90. The molecule has 0 unspecified atom stereocenters. The molecule has 6 nitrogen and oxygen atoms in total. The summed E-state index contributed by atoms with van der Waals surface area (Å²) >= 11 is 0. The summed E-state index contributed by atoms with van der Waals surface area (Å²) in [6.07, 6.45) is 2.25. The van der Waals surface area contributed by atoms with Crippen LogP contribution in [0.25, 0.3) is 0 Å². The molecule has 1 aliphatic heterocycles. The van der Waals surface area contributed by atoms with E-state index in [1.54, 1.807) is 12.3 Å². The number of amides is 1. The molecule has 2 heterocycles. The van der Waals surface area contributed by atoms with Crippen LogP contribution in [0.4, 0.5) is 4.39 Å². The Labute approximate surface area is 132 Å². The Morgan fingerprint density at radius 1 is 1.30 bits per heavy atom. The number of hydrogen-bond donors (Lipinski definition) is 1. The maximum Gasteiger partial charge on any atom is 0.257 e. The number of pyridine rings is 1. The van der Waals surface area contributed by atoms with Gasteiger partial charge in [-0.25, -0.2) is 17.9 Å². The van der Waals surface area contributed by atoms with Crippen LogP contribution in [0.5, 0.6) is 0 Å². The Morgan fingerprint density at radius 2 is 2.09 bits per heavy atom. The third-order valence-electron chi connectivity index (χ3n) is 3.75. The highest BCUT2D eigenvalue weighted by Crippen LogP contribution is 2.21. The number of nitrogens with two attached hydrogens (primary N) is 1. The van der Waals surface area contributed by atoms with E-state index >= 15 is 0 Å².